The molecule has 0 fully saturated rings. The molecule has 2 aliphatic heterocycles. The predicted molar refractivity (Wildman–Crippen MR) is 107 cm³/mol. The largest absolute Gasteiger partial charge is 0.365 e. The zero-order chi connectivity index (χ0) is 18.4. The maximum absolute atomic E-state index is 13.7. The summed E-state index contributed by atoms with van der Waals surface area (Å²) in [5, 5.41) is 1.70. The van der Waals surface area contributed by atoms with Gasteiger partial charge in [0.2, 0.25) is 5.91 Å². The zero-order valence-corrected chi connectivity index (χ0v) is 16.2. The second kappa shape index (κ2) is 4.72. The first kappa shape index (κ1) is 16.0. The lowest BCUT2D eigenvalue weighted by Gasteiger charge is -2.36. The molecule has 2 aliphatic rings. The van der Waals surface area contributed by atoms with E-state index in [-0.39, 0.29) is 11.4 Å². The van der Waals surface area contributed by atoms with Crippen molar-refractivity contribution in [3.8, 4) is 11.3 Å². The van der Waals surface area contributed by atoms with Gasteiger partial charge in [-0.2, -0.15) is 0 Å². The molecule has 0 bridgehead atoms. The maximum atomic E-state index is 13.7. The van der Waals surface area contributed by atoms with Crippen molar-refractivity contribution in [3.63, 3.8) is 0 Å². The molecule has 2 aromatic carbocycles. The molecule has 0 aliphatic carbocycles. The van der Waals surface area contributed by atoms with Gasteiger partial charge < -0.3 is 4.90 Å². The van der Waals surface area contributed by atoms with Crippen molar-refractivity contribution in [3.05, 3.63) is 53.1 Å². The number of nitrogens with zero attached hydrogens (tertiary/aromatic N) is 2. The van der Waals surface area contributed by atoms with Gasteiger partial charge in [0.25, 0.3) is 0 Å². The van der Waals surface area contributed by atoms with E-state index in [0.29, 0.717) is 11.6 Å². The van der Waals surface area contributed by atoms with E-state index in [4.69, 9.17) is 11.6 Å². The Hall–Kier alpha value is -2.26. The number of rotatable bonds is 0. The first-order chi connectivity index (χ1) is 12.2. The lowest BCUT2D eigenvalue weighted by atomic mass is 9.77. The van der Waals surface area contributed by atoms with Gasteiger partial charge in [-0.3, -0.25) is 9.36 Å². The summed E-state index contributed by atoms with van der Waals surface area (Å²) >= 11 is 6.18. The summed E-state index contributed by atoms with van der Waals surface area (Å²) in [6, 6.07) is 14.2. The second-order valence-electron chi connectivity index (χ2n) is 8.66. The normalized spacial score (nSPS) is 21.3. The minimum atomic E-state index is -0.544. The summed E-state index contributed by atoms with van der Waals surface area (Å²) in [5.41, 5.74) is 4.82. The molecule has 0 saturated heterocycles. The van der Waals surface area contributed by atoms with E-state index in [1.807, 2.05) is 22.8 Å². The third-order valence-corrected chi connectivity index (χ3v) is 6.12. The van der Waals surface area contributed by atoms with Crippen LogP contribution in [-0.2, 0) is 5.41 Å². The van der Waals surface area contributed by atoms with Crippen molar-refractivity contribution in [2.24, 2.45) is 0 Å². The summed E-state index contributed by atoms with van der Waals surface area (Å²) in [5.74, 6) is 0.150. The van der Waals surface area contributed by atoms with Gasteiger partial charge in [-0.25, -0.2) is 0 Å². The Bertz CT molecular complexity index is 1110. The molecular formula is C22H21ClN2O. The first-order valence-corrected chi connectivity index (χ1v) is 9.37. The molecule has 3 heterocycles. The standard InChI is InChI=1S/C22H21ClN2O/c1-21(2,3)24-12-22(4)19-15(6-5-7-17(19)24)18-11-13-10-14(23)8-9-16(13)25(18)20(22)26/h5-11H,12H2,1-4H3. The zero-order valence-electron chi connectivity index (χ0n) is 15.4. The van der Waals surface area contributed by atoms with Crippen molar-refractivity contribution in [2.45, 2.75) is 38.6 Å². The maximum Gasteiger partial charge on any atom is 0.243 e. The minimum absolute atomic E-state index is 0.0417. The topological polar surface area (TPSA) is 25.2 Å². The predicted octanol–water partition coefficient (Wildman–Crippen LogP) is 5.49. The van der Waals surface area contributed by atoms with E-state index in [9.17, 15) is 4.79 Å². The Labute approximate surface area is 158 Å². The smallest absolute Gasteiger partial charge is 0.243 e. The van der Waals surface area contributed by atoms with Gasteiger partial charge in [0, 0.05) is 39.3 Å². The molecule has 132 valence electrons. The van der Waals surface area contributed by atoms with E-state index < -0.39 is 5.41 Å². The summed E-state index contributed by atoms with van der Waals surface area (Å²) in [6.45, 7) is 9.40. The van der Waals surface area contributed by atoms with E-state index in [1.54, 1.807) is 0 Å². The number of carbonyl (C=O) groups is 1. The molecule has 0 spiro atoms. The average molecular weight is 365 g/mol. The Balaban J connectivity index is 1.87. The monoisotopic (exact) mass is 364 g/mol. The number of benzene rings is 2. The van der Waals surface area contributed by atoms with Crippen LogP contribution in [0.25, 0.3) is 22.2 Å². The van der Waals surface area contributed by atoms with Crippen LogP contribution in [-0.4, -0.2) is 22.6 Å². The summed E-state index contributed by atoms with van der Waals surface area (Å²) in [7, 11) is 0. The van der Waals surface area contributed by atoms with Gasteiger partial charge in [-0.05, 0) is 58.0 Å². The number of halogens is 1. The lowest BCUT2D eigenvalue weighted by molar-refractivity contribution is 0.0820. The van der Waals surface area contributed by atoms with Crippen LogP contribution >= 0.6 is 11.6 Å². The molecule has 1 atom stereocenters. The third kappa shape index (κ3) is 1.82. The quantitative estimate of drug-likeness (QED) is 0.527. The Morgan fingerprint density at radius 3 is 2.62 bits per heavy atom. The van der Waals surface area contributed by atoms with E-state index >= 15 is 0 Å². The third-order valence-electron chi connectivity index (χ3n) is 5.88. The van der Waals surface area contributed by atoms with Crippen LogP contribution in [0.5, 0.6) is 0 Å². The lowest BCUT2D eigenvalue weighted by Crippen LogP contribution is -2.48. The van der Waals surface area contributed by atoms with Gasteiger partial charge in [-0.1, -0.05) is 23.7 Å². The Kier molecular flexibility index (Phi) is 2.89. The Morgan fingerprint density at radius 2 is 1.88 bits per heavy atom. The molecule has 4 heteroatoms. The van der Waals surface area contributed by atoms with Crippen molar-refractivity contribution in [1.82, 2.24) is 4.57 Å². The highest BCUT2D eigenvalue weighted by Crippen LogP contribution is 2.52. The number of aromatic nitrogens is 1. The van der Waals surface area contributed by atoms with Crippen LogP contribution in [0.2, 0.25) is 5.02 Å². The van der Waals surface area contributed by atoms with Crippen molar-refractivity contribution in [1.29, 1.82) is 0 Å². The van der Waals surface area contributed by atoms with Crippen molar-refractivity contribution in [2.75, 3.05) is 11.4 Å². The van der Waals surface area contributed by atoms with E-state index in [0.717, 1.165) is 22.2 Å². The number of anilines is 1. The van der Waals surface area contributed by atoms with Gasteiger partial charge in [0.15, 0.2) is 0 Å². The van der Waals surface area contributed by atoms with Crippen LogP contribution in [0.4, 0.5) is 5.69 Å². The molecule has 1 aromatic heterocycles. The number of carbonyl (C=O) groups excluding carboxylic acids is 1. The fraction of sp³-hybridized carbons (Fsp3) is 0.318. The number of fused-ring (bicyclic) bond motifs is 4. The number of hydrogen-bond acceptors (Lipinski definition) is 2. The molecular weight excluding hydrogens is 344 g/mol. The summed E-state index contributed by atoms with van der Waals surface area (Å²) < 4.78 is 1.89. The minimum Gasteiger partial charge on any atom is -0.365 e. The molecule has 26 heavy (non-hydrogen) atoms. The molecule has 0 N–H and O–H groups in total. The Morgan fingerprint density at radius 1 is 1.12 bits per heavy atom. The molecule has 5 rings (SSSR count). The highest BCUT2D eigenvalue weighted by atomic mass is 35.5. The second-order valence-corrected chi connectivity index (χ2v) is 9.10. The van der Waals surface area contributed by atoms with Crippen LogP contribution in [0.15, 0.2) is 42.5 Å². The molecule has 3 nitrogen and oxygen atoms in total. The van der Waals surface area contributed by atoms with Gasteiger partial charge in [0.1, 0.15) is 0 Å². The average Bonchev–Trinajstić information content (AvgIpc) is 3.10. The molecule has 0 amide bonds. The number of hydrogen-bond donors (Lipinski definition) is 0. The van der Waals surface area contributed by atoms with Crippen LogP contribution in [0.1, 0.15) is 38.1 Å². The molecule has 1 unspecified atom stereocenters. The highest BCUT2D eigenvalue weighted by molar-refractivity contribution is 6.31. The summed E-state index contributed by atoms with van der Waals surface area (Å²) in [6.07, 6.45) is 0. The van der Waals surface area contributed by atoms with Crippen LogP contribution < -0.4 is 4.90 Å². The summed E-state index contributed by atoms with van der Waals surface area (Å²) in [4.78, 5) is 16.1. The van der Waals surface area contributed by atoms with Gasteiger partial charge in [-0.15, -0.1) is 0 Å². The van der Waals surface area contributed by atoms with Crippen molar-refractivity contribution < 1.29 is 4.79 Å². The van der Waals surface area contributed by atoms with Crippen LogP contribution in [0.3, 0.4) is 0 Å². The SMILES string of the molecule is CC12CN(C(C)(C)C)c3cccc(c31)-c1cc3cc(Cl)ccc3n1C2=O. The molecule has 0 radical (unpaired) electrons. The fourth-order valence-electron chi connectivity index (χ4n) is 4.66. The van der Waals surface area contributed by atoms with E-state index in [2.05, 4.69) is 56.9 Å². The van der Waals surface area contributed by atoms with Crippen molar-refractivity contribution >= 4 is 34.1 Å². The first-order valence-electron chi connectivity index (χ1n) is 8.99. The van der Waals surface area contributed by atoms with Gasteiger partial charge >= 0.3 is 0 Å². The van der Waals surface area contributed by atoms with Crippen LogP contribution in [0, 0.1) is 0 Å². The fourth-order valence-corrected chi connectivity index (χ4v) is 4.84. The van der Waals surface area contributed by atoms with E-state index in [1.165, 1.54) is 11.3 Å². The highest BCUT2D eigenvalue weighted by Gasteiger charge is 2.52. The molecule has 3 aromatic rings. The van der Waals surface area contributed by atoms with Gasteiger partial charge in [0.05, 0.1) is 16.6 Å². The molecule has 0 saturated carbocycles.